The zero-order valence-corrected chi connectivity index (χ0v) is 9.67. The maximum Gasteiger partial charge on any atom is 0.239 e. The first-order valence-electron chi connectivity index (χ1n) is 5.24. The van der Waals surface area contributed by atoms with Gasteiger partial charge in [-0.05, 0) is 26.8 Å². The van der Waals surface area contributed by atoms with Gasteiger partial charge in [0, 0.05) is 12.0 Å². The molecule has 0 aromatic heterocycles. The second kappa shape index (κ2) is 7.23. The first-order valence-corrected chi connectivity index (χ1v) is 5.24. The summed E-state index contributed by atoms with van der Waals surface area (Å²) in [5.41, 5.74) is 5.33. The fraction of sp³-hybridized carbons (Fsp3) is 0.800. The van der Waals surface area contributed by atoms with Crippen LogP contribution >= 0.6 is 0 Å². The summed E-state index contributed by atoms with van der Waals surface area (Å²) in [5, 5.41) is 5.26. The lowest BCUT2D eigenvalue weighted by Gasteiger charge is -2.12. The standard InChI is InChI=1S/C10H21N3O2/c1-7(2)13-9(14)6-12-10(15)8(3)4-5-11/h7-8H,4-6,11H2,1-3H3,(H,12,15)(H,13,14). The van der Waals surface area contributed by atoms with Crippen LogP contribution in [0.3, 0.4) is 0 Å². The minimum atomic E-state index is -0.168. The molecule has 5 heteroatoms. The second-order valence-corrected chi connectivity index (χ2v) is 3.92. The molecule has 88 valence electrons. The van der Waals surface area contributed by atoms with E-state index in [1.165, 1.54) is 0 Å². The smallest absolute Gasteiger partial charge is 0.239 e. The van der Waals surface area contributed by atoms with Crippen LogP contribution in [-0.2, 0) is 9.59 Å². The van der Waals surface area contributed by atoms with Gasteiger partial charge < -0.3 is 16.4 Å². The lowest BCUT2D eigenvalue weighted by atomic mass is 10.1. The highest BCUT2D eigenvalue weighted by Gasteiger charge is 2.12. The van der Waals surface area contributed by atoms with Gasteiger partial charge in [0.2, 0.25) is 11.8 Å². The number of amides is 2. The van der Waals surface area contributed by atoms with Gasteiger partial charge >= 0.3 is 0 Å². The summed E-state index contributed by atoms with van der Waals surface area (Å²) in [6.45, 7) is 6.05. The second-order valence-electron chi connectivity index (χ2n) is 3.92. The van der Waals surface area contributed by atoms with Crippen molar-refractivity contribution in [3.05, 3.63) is 0 Å². The SMILES string of the molecule is CC(C)NC(=O)CNC(=O)C(C)CCN. The Kier molecular flexibility index (Phi) is 6.70. The number of rotatable bonds is 6. The van der Waals surface area contributed by atoms with E-state index in [1.807, 2.05) is 13.8 Å². The quantitative estimate of drug-likeness (QED) is 0.564. The van der Waals surface area contributed by atoms with Gasteiger partial charge in [-0.3, -0.25) is 9.59 Å². The summed E-state index contributed by atoms with van der Waals surface area (Å²) in [6.07, 6.45) is 0.637. The number of nitrogens with one attached hydrogen (secondary N) is 2. The molecular weight excluding hydrogens is 194 g/mol. The third-order valence-electron chi connectivity index (χ3n) is 1.92. The summed E-state index contributed by atoms with van der Waals surface area (Å²) >= 11 is 0. The Labute approximate surface area is 90.8 Å². The molecule has 0 saturated carbocycles. The molecule has 1 atom stereocenters. The van der Waals surface area contributed by atoms with E-state index < -0.39 is 0 Å². The molecule has 0 saturated heterocycles. The molecule has 0 aromatic rings. The Hall–Kier alpha value is -1.10. The van der Waals surface area contributed by atoms with E-state index in [0.717, 1.165) is 0 Å². The van der Waals surface area contributed by atoms with Gasteiger partial charge in [0.15, 0.2) is 0 Å². The highest BCUT2D eigenvalue weighted by molar-refractivity contribution is 5.85. The summed E-state index contributed by atoms with van der Waals surface area (Å²) < 4.78 is 0. The Morgan fingerprint density at radius 1 is 1.27 bits per heavy atom. The van der Waals surface area contributed by atoms with Crippen molar-refractivity contribution in [3.63, 3.8) is 0 Å². The third-order valence-corrected chi connectivity index (χ3v) is 1.92. The highest BCUT2D eigenvalue weighted by atomic mass is 16.2. The fourth-order valence-electron chi connectivity index (χ4n) is 1.10. The predicted octanol–water partition coefficient (Wildman–Crippen LogP) is -0.388. The monoisotopic (exact) mass is 215 g/mol. The normalized spacial score (nSPS) is 12.3. The van der Waals surface area contributed by atoms with Crippen molar-refractivity contribution in [1.29, 1.82) is 0 Å². The fourth-order valence-corrected chi connectivity index (χ4v) is 1.10. The van der Waals surface area contributed by atoms with Crippen molar-refractivity contribution in [2.24, 2.45) is 11.7 Å². The van der Waals surface area contributed by atoms with Crippen LogP contribution in [0.5, 0.6) is 0 Å². The molecule has 0 aliphatic rings. The van der Waals surface area contributed by atoms with Crippen molar-refractivity contribution in [2.45, 2.75) is 33.2 Å². The maximum absolute atomic E-state index is 11.4. The molecule has 0 aliphatic heterocycles. The van der Waals surface area contributed by atoms with Crippen LogP contribution in [0, 0.1) is 5.92 Å². The first kappa shape index (κ1) is 13.9. The molecule has 5 nitrogen and oxygen atoms in total. The topological polar surface area (TPSA) is 84.2 Å². The molecule has 15 heavy (non-hydrogen) atoms. The molecule has 0 fully saturated rings. The van der Waals surface area contributed by atoms with E-state index in [-0.39, 0.29) is 30.3 Å². The number of carbonyl (C=O) groups excluding carboxylic acids is 2. The molecule has 4 N–H and O–H groups in total. The van der Waals surface area contributed by atoms with Gasteiger partial charge in [-0.2, -0.15) is 0 Å². The van der Waals surface area contributed by atoms with Gasteiger partial charge in [-0.1, -0.05) is 6.92 Å². The summed E-state index contributed by atoms with van der Waals surface area (Å²) in [5.74, 6) is -0.431. The number of hydrogen-bond donors (Lipinski definition) is 3. The molecule has 0 heterocycles. The van der Waals surface area contributed by atoms with Crippen LogP contribution in [0.1, 0.15) is 27.2 Å². The Morgan fingerprint density at radius 3 is 2.33 bits per heavy atom. The molecule has 0 rings (SSSR count). The van der Waals surface area contributed by atoms with Crippen LogP contribution in [0.25, 0.3) is 0 Å². The molecule has 1 unspecified atom stereocenters. The minimum absolute atomic E-state index is 0.0337. The van der Waals surface area contributed by atoms with Crippen molar-refractivity contribution in [2.75, 3.05) is 13.1 Å². The van der Waals surface area contributed by atoms with Gasteiger partial charge in [-0.15, -0.1) is 0 Å². The lowest BCUT2D eigenvalue weighted by molar-refractivity contribution is -0.128. The molecule has 0 aliphatic carbocycles. The zero-order valence-electron chi connectivity index (χ0n) is 9.67. The summed E-state index contributed by atoms with van der Waals surface area (Å²) in [7, 11) is 0. The highest BCUT2D eigenvalue weighted by Crippen LogP contribution is 1.98. The zero-order chi connectivity index (χ0) is 11.8. The summed E-state index contributed by atoms with van der Waals surface area (Å²) in [4.78, 5) is 22.6. The van der Waals surface area contributed by atoms with E-state index in [2.05, 4.69) is 10.6 Å². The summed E-state index contributed by atoms with van der Waals surface area (Å²) in [6, 6.07) is 0.0934. The molecule has 2 amide bonds. The van der Waals surface area contributed by atoms with Gasteiger partial charge in [-0.25, -0.2) is 0 Å². The molecule has 0 bridgehead atoms. The van der Waals surface area contributed by atoms with Crippen LogP contribution in [0.15, 0.2) is 0 Å². The molecular formula is C10H21N3O2. The first-order chi connectivity index (χ1) is 6.97. The number of nitrogens with two attached hydrogens (primary N) is 1. The number of carbonyl (C=O) groups is 2. The molecule has 0 spiro atoms. The van der Waals surface area contributed by atoms with E-state index in [9.17, 15) is 9.59 Å². The minimum Gasteiger partial charge on any atom is -0.352 e. The van der Waals surface area contributed by atoms with E-state index >= 15 is 0 Å². The van der Waals surface area contributed by atoms with Gasteiger partial charge in [0.25, 0.3) is 0 Å². The largest absolute Gasteiger partial charge is 0.352 e. The number of hydrogen-bond acceptors (Lipinski definition) is 3. The van der Waals surface area contributed by atoms with Gasteiger partial charge in [0.1, 0.15) is 0 Å². The van der Waals surface area contributed by atoms with Crippen molar-refractivity contribution in [3.8, 4) is 0 Å². The molecule has 0 radical (unpaired) electrons. The maximum atomic E-state index is 11.4. The Morgan fingerprint density at radius 2 is 1.87 bits per heavy atom. The van der Waals surface area contributed by atoms with E-state index in [0.29, 0.717) is 13.0 Å². The average Bonchev–Trinajstić information content (AvgIpc) is 2.13. The van der Waals surface area contributed by atoms with E-state index in [4.69, 9.17) is 5.73 Å². The predicted molar refractivity (Wildman–Crippen MR) is 59.1 cm³/mol. The van der Waals surface area contributed by atoms with Crippen LogP contribution in [-0.4, -0.2) is 30.9 Å². The Balaban J connectivity index is 3.75. The van der Waals surface area contributed by atoms with E-state index in [1.54, 1.807) is 6.92 Å². The van der Waals surface area contributed by atoms with Crippen LogP contribution < -0.4 is 16.4 Å². The van der Waals surface area contributed by atoms with Crippen molar-refractivity contribution >= 4 is 11.8 Å². The van der Waals surface area contributed by atoms with Gasteiger partial charge in [0.05, 0.1) is 6.54 Å². The Bertz CT molecular complexity index is 217. The average molecular weight is 215 g/mol. The van der Waals surface area contributed by atoms with Crippen molar-refractivity contribution < 1.29 is 9.59 Å². The van der Waals surface area contributed by atoms with Crippen LogP contribution in [0.4, 0.5) is 0 Å². The third kappa shape index (κ3) is 6.90. The lowest BCUT2D eigenvalue weighted by Crippen LogP contribution is -2.41. The van der Waals surface area contributed by atoms with Crippen LogP contribution in [0.2, 0.25) is 0 Å². The molecule has 0 aromatic carbocycles. The van der Waals surface area contributed by atoms with Crippen molar-refractivity contribution in [1.82, 2.24) is 10.6 Å².